The SMILES string of the molecule is COC(=O)NS(=O)(=O)N(CC(N)=O)Cc1ccc(N)cc1. The van der Waals surface area contributed by atoms with Crippen molar-refractivity contribution >= 4 is 27.9 Å². The van der Waals surface area contributed by atoms with Crippen LogP contribution in [0.4, 0.5) is 10.5 Å². The summed E-state index contributed by atoms with van der Waals surface area (Å²) in [7, 11) is -3.24. The van der Waals surface area contributed by atoms with Crippen molar-refractivity contribution in [2.24, 2.45) is 5.73 Å². The minimum absolute atomic E-state index is 0.157. The predicted octanol–water partition coefficient (Wildman–Crippen LogP) is -0.843. The van der Waals surface area contributed by atoms with Crippen molar-refractivity contribution in [2.45, 2.75) is 6.54 Å². The lowest BCUT2D eigenvalue weighted by Crippen LogP contribution is -2.46. The highest BCUT2D eigenvalue weighted by molar-refractivity contribution is 7.87. The number of amides is 2. The average Bonchev–Trinajstić information content (AvgIpc) is 2.39. The number of nitrogens with two attached hydrogens (primary N) is 2. The molecule has 0 aliphatic heterocycles. The van der Waals surface area contributed by atoms with E-state index in [2.05, 4.69) is 4.74 Å². The van der Waals surface area contributed by atoms with E-state index >= 15 is 0 Å². The summed E-state index contributed by atoms with van der Waals surface area (Å²) >= 11 is 0. The molecule has 1 aromatic rings. The second-order valence-electron chi connectivity index (χ2n) is 4.07. The number of rotatable bonds is 6. The molecule has 0 atom stereocenters. The van der Waals surface area contributed by atoms with E-state index in [1.165, 1.54) is 0 Å². The van der Waals surface area contributed by atoms with Gasteiger partial charge in [-0.15, -0.1) is 0 Å². The summed E-state index contributed by atoms with van der Waals surface area (Å²) in [4.78, 5) is 22.1. The van der Waals surface area contributed by atoms with Gasteiger partial charge in [0.2, 0.25) is 5.91 Å². The van der Waals surface area contributed by atoms with E-state index < -0.39 is 28.8 Å². The molecule has 10 heteroatoms. The molecule has 21 heavy (non-hydrogen) atoms. The number of hydrogen-bond donors (Lipinski definition) is 3. The lowest BCUT2D eigenvalue weighted by Gasteiger charge is -2.20. The summed E-state index contributed by atoms with van der Waals surface area (Å²) in [6.45, 7) is -0.744. The Hall–Kier alpha value is -2.33. The quantitative estimate of drug-likeness (QED) is 0.583. The van der Waals surface area contributed by atoms with Gasteiger partial charge in [-0.3, -0.25) is 4.79 Å². The van der Waals surface area contributed by atoms with Crippen molar-refractivity contribution in [3.05, 3.63) is 29.8 Å². The zero-order chi connectivity index (χ0) is 16.0. The third-order valence-corrected chi connectivity index (χ3v) is 3.77. The summed E-state index contributed by atoms with van der Waals surface area (Å²) in [6.07, 6.45) is -1.17. The lowest BCUT2D eigenvalue weighted by atomic mass is 10.2. The van der Waals surface area contributed by atoms with E-state index in [-0.39, 0.29) is 6.54 Å². The smallest absolute Gasteiger partial charge is 0.421 e. The van der Waals surface area contributed by atoms with Gasteiger partial charge in [-0.05, 0) is 17.7 Å². The predicted molar refractivity (Wildman–Crippen MR) is 74.9 cm³/mol. The third-order valence-electron chi connectivity index (χ3n) is 2.41. The van der Waals surface area contributed by atoms with Gasteiger partial charge in [-0.1, -0.05) is 12.1 Å². The number of nitrogen functional groups attached to an aromatic ring is 1. The summed E-state index contributed by atoms with van der Waals surface area (Å²) in [5.41, 5.74) is 11.6. The van der Waals surface area contributed by atoms with Crippen LogP contribution in [-0.2, 0) is 26.3 Å². The number of nitrogens with one attached hydrogen (secondary N) is 1. The first-order valence-corrected chi connectivity index (χ1v) is 7.17. The molecular weight excluding hydrogens is 300 g/mol. The van der Waals surface area contributed by atoms with Crippen LogP contribution in [0, 0.1) is 0 Å². The number of hydrogen-bond acceptors (Lipinski definition) is 6. The second kappa shape index (κ2) is 6.90. The normalized spacial score (nSPS) is 11.1. The van der Waals surface area contributed by atoms with E-state index in [1.807, 2.05) is 0 Å². The number of nitrogens with zero attached hydrogens (tertiary/aromatic N) is 1. The number of primary amides is 1. The lowest BCUT2D eigenvalue weighted by molar-refractivity contribution is -0.118. The molecule has 0 saturated carbocycles. The van der Waals surface area contributed by atoms with Crippen LogP contribution in [0.25, 0.3) is 0 Å². The largest absolute Gasteiger partial charge is 0.452 e. The number of benzene rings is 1. The van der Waals surface area contributed by atoms with Gasteiger partial charge in [0, 0.05) is 12.2 Å². The number of anilines is 1. The fraction of sp³-hybridized carbons (Fsp3) is 0.273. The van der Waals surface area contributed by atoms with Crippen molar-refractivity contribution < 1.29 is 22.7 Å². The molecule has 1 aromatic carbocycles. The Bertz CT molecular complexity index is 614. The standard InChI is InChI=1S/C11H16N4O5S/c1-20-11(17)14-21(18,19)15(7-10(13)16)6-8-2-4-9(12)5-3-8/h2-5H,6-7,12H2,1H3,(H2,13,16)(H,14,17). The highest BCUT2D eigenvalue weighted by atomic mass is 32.2. The van der Waals surface area contributed by atoms with Crippen molar-refractivity contribution in [3.8, 4) is 0 Å². The Kier molecular flexibility index (Phi) is 5.50. The minimum Gasteiger partial charge on any atom is -0.452 e. The van der Waals surface area contributed by atoms with Crippen LogP contribution in [0.2, 0.25) is 0 Å². The van der Waals surface area contributed by atoms with Crippen LogP contribution in [0.3, 0.4) is 0 Å². The Labute approximate surface area is 122 Å². The molecule has 116 valence electrons. The van der Waals surface area contributed by atoms with E-state index in [0.29, 0.717) is 11.3 Å². The van der Waals surface area contributed by atoms with Gasteiger partial charge < -0.3 is 16.2 Å². The summed E-state index contributed by atoms with van der Waals surface area (Å²) < 4.78 is 30.6. The summed E-state index contributed by atoms with van der Waals surface area (Å²) in [5, 5.41) is 0. The molecule has 0 heterocycles. The molecule has 0 spiro atoms. The van der Waals surface area contributed by atoms with Gasteiger partial charge in [0.1, 0.15) is 0 Å². The van der Waals surface area contributed by atoms with Crippen molar-refractivity contribution in [2.75, 3.05) is 19.4 Å². The molecular formula is C11H16N4O5S. The Balaban J connectivity index is 2.97. The molecule has 9 nitrogen and oxygen atoms in total. The van der Waals surface area contributed by atoms with Crippen molar-refractivity contribution in [1.29, 1.82) is 0 Å². The molecule has 0 radical (unpaired) electrons. The number of ether oxygens (including phenoxy) is 1. The molecule has 0 saturated heterocycles. The van der Waals surface area contributed by atoms with Crippen LogP contribution in [-0.4, -0.2) is 38.4 Å². The van der Waals surface area contributed by atoms with E-state index in [0.717, 1.165) is 11.4 Å². The van der Waals surface area contributed by atoms with E-state index in [4.69, 9.17) is 11.5 Å². The molecule has 0 bridgehead atoms. The van der Waals surface area contributed by atoms with Crippen molar-refractivity contribution in [3.63, 3.8) is 0 Å². The molecule has 1 rings (SSSR count). The molecule has 0 aliphatic rings. The average molecular weight is 316 g/mol. The molecule has 0 unspecified atom stereocenters. The van der Waals surface area contributed by atoms with Crippen LogP contribution >= 0.6 is 0 Å². The van der Waals surface area contributed by atoms with Crippen LogP contribution in [0.1, 0.15) is 5.56 Å². The van der Waals surface area contributed by atoms with Gasteiger partial charge in [-0.2, -0.15) is 12.7 Å². The first kappa shape index (κ1) is 16.7. The maximum atomic E-state index is 12.0. The van der Waals surface area contributed by atoms with Gasteiger partial charge in [0.25, 0.3) is 0 Å². The monoisotopic (exact) mass is 316 g/mol. The Morgan fingerprint density at radius 3 is 2.33 bits per heavy atom. The van der Waals surface area contributed by atoms with Crippen LogP contribution in [0.15, 0.2) is 24.3 Å². The van der Waals surface area contributed by atoms with Gasteiger partial charge in [0.15, 0.2) is 0 Å². The molecule has 0 aliphatic carbocycles. The maximum Gasteiger partial charge on any atom is 0.421 e. The minimum atomic E-state index is -4.26. The van der Waals surface area contributed by atoms with Crippen molar-refractivity contribution in [1.82, 2.24) is 9.03 Å². The molecule has 5 N–H and O–H groups in total. The van der Waals surface area contributed by atoms with E-state index in [1.54, 1.807) is 29.0 Å². The number of methoxy groups -OCH3 is 1. The second-order valence-corrected chi connectivity index (χ2v) is 5.75. The summed E-state index contributed by atoms with van der Waals surface area (Å²) in [6, 6.07) is 6.35. The first-order valence-electron chi connectivity index (χ1n) is 5.73. The fourth-order valence-corrected chi connectivity index (χ4v) is 2.48. The third kappa shape index (κ3) is 5.28. The Morgan fingerprint density at radius 2 is 1.86 bits per heavy atom. The first-order chi connectivity index (χ1) is 9.74. The highest BCUT2D eigenvalue weighted by Crippen LogP contribution is 2.11. The van der Waals surface area contributed by atoms with Crippen LogP contribution < -0.4 is 16.2 Å². The zero-order valence-corrected chi connectivity index (χ0v) is 12.1. The molecule has 0 fully saturated rings. The van der Waals surface area contributed by atoms with E-state index in [9.17, 15) is 18.0 Å². The zero-order valence-electron chi connectivity index (χ0n) is 11.3. The van der Waals surface area contributed by atoms with Gasteiger partial charge >= 0.3 is 16.3 Å². The Morgan fingerprint density at radius 1 is 1.29 bits per heavy atom. The number of carbonyl (C=O) groups excluding carboxylic acids is 2. The summed E-state index contributed by atoms with van der Waals surface area (Å²) in [5.74, 6) is -0.860. The van der Waals surface area contributed by atoms with Crippen LogP contribution in [0.5, 0.6) is 0 Å². The van der Waals surface area contributed by atoms with Gasteiger partial charge in [0.05, 0.1) is 13.7 Å². The number of carbonyl (C=O) groups is 2. The topological polar surface area (TPSA) is 145 Å². The molecule has 2 amide bonds. The highest BCUT2D eigenvalue weighted by Gasteiger charge is 2.26. The maximum absolute atomic E-state index is 12.0. The molecule has 0 aromatic heterocycles. The fourth-order valence-electron chi connectivity index (χ4n) is 1.44. The van der Waals surface area contributed by atoms with Gasteiger partial charge in [-0.25, -0.2) is 9.52 Å².